The first-order valence-electron chi connectivity index (χ1n) is 8.97. The molecule has 2 aromatic rings. The van der Waals surface area contributed by atoms with Gasteiger partial charge in [-0.05, 0) is 43.5 Å². The van der Waals surface area contributed by atoms with Crippen LogP contribution >= 0.6 is 24.0 Å². The second kappa shape index (κ2) is 13.2. The maximum atomic E-state index is 5.35. The van der Waals surface area contributed by atoms with Crippen LogP contribution in [-0.4, -0.2) is 49.6 Å². The van der Waals surface area contributed by atoms with Crippen molar-refractivity contribution in [1.82, 2.24) is 20.4 Å². The number of benzene rings is 1. The number of hydrogen-bond acceptors (Lipinski definition) is 4. The van der Waals surface area contributed by atoms with Crippen molar-refractivity contribution in [2.45, 2.75) is 26.3 Å². The molecule has 0 aliphatic heterocycles. The van der Waals surface area contributed by atoms with Crippen molar-refractivity contribution in [2.75, 3.05) is 33.9 Å². The van der Waals surface area contributed by atoms with Gasteiger partial charge < -0.3 is 20.1 Å². The lowest BCUT2D eigenvalue weighted by molar-refractivity contribution is 0.354. The van der Waals surface area contributed by atoms with Crippen LogP contribution < -0.4 is 20.1 Å². The zero-order valence-corrected chi connectivity index (χ0v) is 18.6. The quantitative estimate of drug-likeness (QED) is 0.234. The molecule has 27 heavy (non-hydrogen) atoms. The van der Waals surface area contributed by atoms with Crippen LogP contribution in [0.5, 0.6) is 11.5 Å². The summed E-state index contributed by atoms with van der Waals surface area (Å²) in [5.41, 5.74) is 1.18. The molecule has 0 amide bonds. The Hall–Kier alpha value is -1.97. The molecule has 0 aliphatic rings. The van der Waals surface area contributed by atoms with Crippen LogP contribution in [0.4, 0.5) is 0 Å². The molecule has 0 bridgehead atoms. The van der Waals surface area contributed by atoms with Gasteiger partial charge in [0, 0.05) is 38.6 Å². The van der Waals surface area contributed by atoms with E-state index in [2.05, 4.69) is 33.7 Å². The number of guanidine groups is 1. The van der Waals surface area contributed by atoms with Crippen LogP contribution in [-0.2, 0) is 13.0 Å². The number of nitrogens with zero attached hydrogens (tertiary/aromatic N) is 3. The van der Waals surface area contributed by atoms with Crippen molar-refractivity contribution in [3.63, 3.8) is 0 Å². The van der Waals surface area contributed by atoms with Crippen molar-refractivity contribution in [3.8, 4) is 11.5 Å². The van der Waals surface area contributed by atoms with Gasteiger partial charge in [0.15, 0.2) is 17.5 Å². The van der Waals surface area contributed by atoms with E-state index in [4.69, 9.17) is 9.47 Å². The lowest BCUT2D eigenvalue weighted by atomic mass is 10.1. The molecule has 0 atom stereocenters. The van der Waals surface area contributed by atoms with Gasteiger partial charge in [-0.2, -0.15) is 5.10 Å². The first-order chi connectivity index (χ1) is 12.8. The van der Waals surface area contributed by atoms with Crippen LogP contribution in [0.1, 0.15) is 18.9 Å². The average Bonchev–Trinajstić information content (AvgIpc) is 3.18. The molecule has 0 saturated carbocycles. The zero-order valence-electron chi connectivity index (χ0n) is 16.3. The summed E-state index contributed by atoms with van der Waals surface area (Å²) in [6.45, 7) is 5.32. The zero-order chi connectivity index (χ0) is 18.6. The number of nitrogens with one attached hydrogen (secondary N) is 2. The molecule has 0 fully saturated rings. The maximum absolute atomic E-state index is 5.35. The third-order valence-corrected chi connectivity index (χ3v) is 3.87. The average molecular weight is 487 g/mol. The molecular formula is C19H30IN5O2. The summed E-state index contributed by atoms with van der Waals surface area (Å²) in [6, 6.07) is 7.93. The Kier molecular flexibility index (Phi) is 11.3. The van der Waals surface area contributed by atoms with Gasteiger partial charge in [-0.25, -0.2) is 0 Å². The van der Waals surface area contributed by atoms with Crippen molar-refractivity contribution >= 4 is 29.9 Å². The number of ether oxygens (including phenoxy) is 2. The number of hydrogen-bond donors (Lipinski definition) is 2. The van der Waals surface area contributed by atoms with E-state index in [9.17, 15) is 0 Å². The Morgan fingerprint density at radius 1 is 1.19 bits per heavy atom. The maximum Gasteiger partial charge on any atom is 0.191 e. The Labute approximate surface area is 178 Å². The van der Waals surface area contributed by atoms with Gasteiger partial charge in [0.1, 0.15) is 0 Å². The van der Waals surface area contributed by atoms with E-state index in [1.165, 1.54) is 5.56 Å². The molecule has 1 aromatic carbocycles. The molecule has 1 aromatic heterocycles. The van der Waals surface area contributed by atoms with Crippen molar-refractivity contribution in [2.24, 2.45) is 4.99 Å². The minimum absolute atomic E-state index is 0. The smallest absolute Gasteiger partial charge is 0.191 e. The van der Waals surface area contributed by atoms with Crippen LogP contribution in [0.3, 0.4) is 0 Å². The minimum atomic E-state index is 0. The Morgan fingerprint density at radius 2 is 2.00 bits per heavy atom. The number of aliphatic imine (C=N–C) groups is 1. The summed E-state index contributed by atoms with van der Waals surface area (Å²) in [5, 5.41) is 10.8. The number of aryl methyl sites for hydroxylation is 1. The van der Waals surface area contributed by atoms with Crippen LogP contribution in [0.15, 0.2) is 41.7 Å². The SMILES string of the molecule is CCNC(=NCCCn1cccn1)NCCc1ccc(OC)c(OC)c1.I. The van der Waals surface area contributed by atoms with E-state index in [-0.39, 0.29) is 24.0 Å². The highest BCUT2D eigenvalue weighted by atomic mass is 127. The molecule has 150 valence electrons. The Bertz CT molecular complexity index is 677. The fourth-order valence-electron chi connectivity index (χ4n) is 2.56. The highest BCUT2D eigenvalue weighted by molar-refractivity contribution is 14.0. The van der Waals surface area contributed by atoms with Crippen LogP contribution in [0.25, 0.3) is 0 Å². The molecule has 7 nitrogen and oxygen atoms in total. The number of aromatic nitrogens is 2. The summed E-state index contributed by atoms with van der Waals surface area (Å²) < 4.78 is 12.5. The first kappa shape index (κ1) is 23.1. The summed E-state index contributed by atoms with van der Waals surface area (Å²) in [4.78, 5) is 4.61. The number of halogens is 1. The van der Waals surface area contributed by atoms with Gasteiger partial charge in [0.25, 0.3) is 0 Å². The van der Waals surface area contributed by atoms with E-state index in [1.54, 1.807) is 20.4 Å². The summed E-state index contributed by atoms with van der Waals surface area (Å²) in [7, 11) is 3.30. The molecule has 0 spiro atoms. The van der Waals surface area contributed by atoms with E-state index in [0.29, 0.717) is 0 Å². The Morgan fingerprint density at radius 3 is 2.67 bits per heavy atom. The van der Waals surface area contributed by atoms with Gasteiger partial charge >= 0.3 is 0 Å². The van der Waals surface area contributed by atoms with Gasteiger partial charge in [-0.1, -0.05) is 6.07 Å². The molecule has 0 saturated heterocycles. The fraction of sp³-hybridized carbons (Fsp3) is 0.474. The molecule has 8 heteroatoms. The van der Waals surface area contributed by atoms with E-state index in [1.807, 2.05) is 29.1 Å². The van der Waals surface area contributed by atoms with Crippen molar-refractivity contribution < 1.29 is 9.47 Å². The third-order valence-electron chi connectivity index (χ3n) is 3.87. The number of rotatable bonds is 10. The summed E-state index contributed by atoms with van der Waals surface area (Å²) in [5.74, 6) is 2.34. The third kappa shape index (κ3) is 8.06. The fourth-order valence-corrected chi connectivity index (χ4v) is 2.56. The first-order valence-corrected chi connectivity index (χ1v) is 8.97. The largest absolute Gasteiger partial charge is 0.493 e. The molecule has 1 heterocycles. The predicted octanol–water partition coefficient (Wildman–Crippen LogP) is 2.71. The molecule has 0 radical (unpaired) electrons. The molecular weight excluding hydrogens is 457 g/mol. The summed E-state index contributed by atoms with van der Waals surface area (Å²) >= 11 is 0. The van der Waals surface area contributed by atoms with Crippen molar-refractivity contribution in [1.29, 1.82) is 0 Å². The lowest BCUT2D eigenvalue weighted by Gasteiger charge is -2.12. The van der Waals surface area contributed by atoms with Gasteiger partial charge in [-0.3, -0.25) is 9.67 Å². The predicted molar refractivity (Wildman–Crippen MR) is 119 cm³/mol. The normalized spacial score (nSPS) is 10.9. The van der Waals surface area contributed by atoms with Crippen LogP contribution in [0, 0.1) is 0 Å². The molecule has 2 N–H and O–H groups in total. The minimum Gasteiger partial charge on any atom is -0.493 e. The van der Waals surface area contributed by atoms with Gasteiger partial charge in [0.2, 0.25) is 0 Å². The topological polar surface area (TPSA) is 72.7 Å². The van der Waals surface area contributed by atoms with Crippen molar-refractivity contribution in [3.05, 3.63) is 42.2 Å². The highest BCUT2D eigenvalue weighted by Crippen LogP contribution is 2.27. The molecule has 2 rings (SSSR count). The Balaban J connectivity index is 0.00000364. The van der Waals surface area contributed by atoms with E-state index in [0.717, 1.165) is 56.5 Å². The molecule has 0 unspecified atom stereocenters. The summed E-state index contributed by atoms with van der Waals surface area (Å²) in [6.07, 6.45) is 5.59. The standard InChI is InChI=1S/C19H29N5O2.HI/c1-4-20-19(21-10-5-13-24-14-6-11-23-24)22-12-9-16-7-8-17(25-2)18(15-16)26-3;/h6-8,11,14-15H,4-5,9-10,12-13H2,1-3H3,(H2,20,21,22);1H. The van der Waals surface area contributed by atoms with E-state index >= 15 is 0 Å². The monoisotopic (exact) mass is 487 g/mol. The van der Waals surface area contributed by atoms with Gasteiger partial charge in [-0.15, -0.1) is 24.0 Å². The second-order valence-corrected chi connectivity index (χ2v) is 5.75. The van der Waals surface area contributed by atoms with Gasteiger partial charge in [0.05, 0.1) is 14.2 Å². The van der Waals surface area contributed by atoms with E-state index < -0.39 is 0 Å². The lowest BCUT2D eigenvalue weighted by Crippen LogP contribution is -2.38. The second-order valence-electron chi connectivity index (χ2n) is 5.75. The number of methoxy groups -OCH3 is 2. The van der Waals surface area contributed by atoms with Crippen LogP contribution in [0.2, 0.25) is 0 Å². The highest BCUT2D eigenvalue weighted by Gasteiger charge is 2.05. The molecule has 0 aliphatic carbocycles.